The maximum Gasteiger partial charge on any atom is 0.227 e. The zero-order chi connectivity index (χ0) is 12.3. The van der Waals surface area contributed by atoms with Crippen LogP contribution in [0.2, 0.25) is 0 Å². The summed E-state index contributed by atoms with van der Waals surface area (Å²) >= 11 is 0. The predicted octanol–water partition coefficient (Wildman–Crippen LogP) is 2.09. The smallest absolute Gasteiger partial charge is 0.227 e. The Labute approximate surface area is 100 Å². The average molecular weight is 231 g/mol. The van der Waals surface area contributed by atoms with Gasteiger partial charge in [-0.2, -0.15) is 0 Å². The molecule has 0 aliphatic carbocycles. The fourth-order valence-corrected chi connectivity index (χ4v) is 1.78. The van der Waals surface area contributed by atoms with Gasteiger partial charge in [0.15, 0.2) is 0 Å². The number of carbonyl (C=O) groups excluding carboxylic acids is 1. The molecule has 1 aromatic heterocycles. The van der Waals surface area contributed by atoms with Crippen LogP contribution < -0.4 is 11.1 Å². The van der Waals surface area contributed by atoms with Gasteiger partial charge in [0, 0.05) is 28.7 Å². The summed E-state index contributed by atoms with van der Waals surface area (Å²) in [6, 6.07) is 7.79. The lowest BCUT2D eigenvalue weighted by Crippen LogP contribution is -2.22. The molecule has 0 aliphatic rings. The topological polar surface area (TPSA) is 70.9 Å². The fraction of sp³-hybridized carbons (Fsp3) is 0.308. The van der Waals surface area contributed by atoms with Gasteiger partial charge in [0.2, 0.25) is 5.91 Å². The normalized spacial score (nSPS) is 12.6. The third kappa shape index (κ3) is 2.65. The summed E-state index contributed by atoms with van der Waals surface area (Å²) in [6.07, 6.45) is 2.59. The second-order valence-corrected chi connectivity index (χ2v) is 4.25. The number of carbonyl (C=O) groups is 1. The van der Waals surface area contributed by atoms with E-state index in [9.17, 15) is 4.79 Å². The first-order valence-electron chi connectivity index (χ1n) is 5.79. The van der Waals surface area contributed by atoms with Crippen molar-refractivity contribution in [2.75, 3.05) is 11.9 Å². The summed E-state index contributed by atoms with van der Waals surface area (Å²) in [5, 5.41) is 3.99. The van der Waals surface area contributed by atoms with E-state index in [1.807, 2.05) is 37.4 Å². The lowest BCUT2D eigenvalue weighted by molar-refractivity contribution is -0.119. The van der Waals surface area contributed by atoms with Crippen molar-refractivity contribution in [2.24, 2.45) is 11.7 Å². The van der Waals surface area contributed by atoms with Gasteiger partial charge in [0.1, 0.15) is 0 Å². The molecule has 0 bridgehead atoms. The Balaban J connectivity index is 2.09. The summed E-state index contributed by atoms with van der Waals surface area (Å²) in [5.41, 5.74) is 7.33. The molecule has 0 saturated heterocycles. The van der Waals surface area contributed by atoms with Gasteiger partial charge in [-0.15, -0.1) is 0 Å². The van der Waals surface area contributed by atoms with Gasteiger partial charge in [-0.3, -0.25) is 4.79 Å². The van der Waals surface area contributed by atoms with E-state index in [-0.39, 0.29) is 11.8 Å². The van der Waals surface area contributed by atoms with Crippen molar-refractivity contribution in [3.63, 3.8) is 0 Å². The van der Waals surface area contributed by atoms with Crippen molar-refractivity contribution in [1.82, 2.24) is 4.98 Å². The third-order valence-corrected chi connectivity index (χ3v) is 2.87. The molecular formula is C13H17N3O. The quantitative estimate of drug-likeness (QED) is 0.754. The molecule has 90 valence electrons. The first-order valence-corrected chi connectivity index (χ1v) is 5.79. The largest absolute Gasteiger partial charge is 0.361 e. The molecule has 4 nitrogen and oxygen atoms in total. The summed E-state index contributed by atoms with van der Waals surface area (Å²) in [7, 11) is 0. The summed E-state index contributed by atoms with van der Waals surface area (Å²) in [6.45, 7) is 2.42. The van der Waals surface area contributed by atoms with Crippen LogP contribution in [0, 0.1) is 5.92 Å². The Hall–Kier alpha value is -1.81. The zero-order valence-electron chi connectivity index (χ0n) is 9.86. The summed E-state index contributed by atoms with van der Waals surface area (Å²) in [5.74, 6) is -0.0349. The van der Waals surface area contributed by atoms with E-state index in [0.29, 0.717) is 13.0 Å². The third-order valence-electron chi connectivity index (χ3n) is 2.87. The first kappa shape index (κ1) is 11.7. The van der Waals surface area contributed by atoms with Crippen LogP contribution in [0.25, 0.3) is 10.9 Å². The van der Waals surface area contributed by atoms with Crippen LogP contribution in [0.3, 0.4) is 0 Å². The SMILES string of the molecule is CC(CCN)C(=O)Nc1ccc2[nH]ccc2c1. The number of H-pyrrole nitrogens is 1. The Kier molecular flexibility index (Phi) is 3.44. The van der Waals surface area contributed by atoms with Gasteiger partial charge >= 0.3 is 0 Å². The maximum atomic E-state index is 11.8. The van der Waals surface area contributed by atoms with Crippen LogP contribution in [-0.2, 0) is 4.79 Å². The number of fused-ring (bicyclic) bond motifs is 1. The number of amides is 1. The average Bonchev–Trinajstić information content (AvgIpc) is 2.76. The second kappa shape index (κ2) is 5.01. The number of anilines is 1. The Morgan fingerprint density at radius 2 is 2.29 bits per heavy atom. The van der Waals surface area contributed by atoms with E-state index >= 15 is 0 Å². The molecule has 4 heteroatoms. The van der Waals surface area contributed by atoms with Gasteiger partial charge in [-0.25, -0.2) is 0 Å². The molecular weight excluding hydrogens is 214 g/mol. The molecule has 1 atom stereocenters. The Morgan fingerprint density at radius 1 is 1.47 bits per heavy atom. The minimum Gasteiger partial charge on any atom is -0.361 e. The lowest BCUT2D eigenvalue weighted by atomic mass is 10.1. The van der Waals surface area contributed by atoms with Crippen molar-refractivity contribution < 1.29 is 4.79 Å². The molecule has 0 spiro atoms. The van der Waals surface area contributed by atoms with Crippen molar-refractivity contribution in [2.45, 2.75) is 13.3 Å². The van der Waals surface area contributed by atoms with Crippen LogP contribution in [0.5, 0.6) is 0 Å². The highest BCUT2D eigenvalue weighted by atomic mass is 16.1. The second-order valence-electron chi connectivity index (χ2n) is 4.25. The number of benzene rings is 1. The number of nitrogens with one attached hydrogen (secondary N) is 2. The van der Waals surface area contributed by atoms with E-state index < -0.39 is 0 Å². The van der Waals surface area contributed by atoms with Crippen LogP contribution in [0.15, 0.2) is 30.5 Å². The van der Waals surface area contributed by atoms with E-state index in [1.54, 1.807) is 0 Å². The van der Waals surface area contributed by atoms with E-state index in [2.05, 4.69) is 10.3 Å². The monoisotopic (exact) mass is 231 g/mol. The number of hydrogen-bond donors (Lipinski definition) is 3. The minimum atomic E-state index is -0.0538. The van der Waals surface area contributed by atoms with Gasteiger partial charge in [-0.05, 0) is 37.2 Å². The highest BCUT2D eigenvalue weighted by molar-refractivity contribution is 5.94. The van der Waals surface area contributed by atoms with Crippen LogP contribution >= 0.6 is 0 Å². The van der Waals surface area contributed by atoms with Crippen LogP contribution in [-0.4, -0.2) is 17.4 Å². The maximum absolute atomic E-state index is 11.8. The highest BCUT2D eigenvalue weighted by Gasteiger charge is 2.11. The molecule has 1 unspecified atom stereocenters. The molecule has 2 rings (SSSR count). The number of hydrogen-bond acceptors (Lipinski definition) is 2. The summed E-state index contributed by atoms with van der Waals surface area (Å²) in [4.78, 5) is 14.9. The summed E-state index contributed by atoms with van der Waals surface area (Å²) < 4.78 is 0. The molecule has 4 N–H and O–H groups in total. The van der Waals surface area contributed by atoms with E-state index in [1.165, 1.54) is 0 Å². The van der Waals surface area contributed by atoms with Gasteiger partial charge in [0.25, 0.3) is 0 Å². The Bertz CT molecular complexity index is 518. The number of rotatable bonds is 4. The molecule has 1 amide bonds. The van der Waals surface area contributed by atoms with Crippen molar-refractivity contribution in [1.29, 1.82) is 0 Å². The van der Waals surface area contributed by atoms with Crippen molar-refractivity contribution in [3.8, 4) is 0 Å². The highest BCUT2D eigenvalue weighted by Crippen LogP contribution is 2.18. The molecule has 1 aromatic carbocycles. The van der Waals surface area contributed by atoms with Crippen molar-refractivity contribution >= 4 is 22.5 Å². The van der Waals surface area contributed by atoms with E-state index in [0.717, 1.165) is 16.6 Å². The fourth-order valence-electron chi connectivity index (χ4n) is 1.78. The number of aromatic nitrogens is 1. The number of aromatic amines is 1. The minimum absolute atomic E-state index is 0.0188. The molecule has 2 aromatic rings. The molecule has 0 aliphatic heterocycles. The van der Waals surface area contributed by atoms with Gasteiger partial charge in [0.05, 0.1) is 0 Å². The molecule has 0 fully saturated rings. The predicted molar refractivity (Wildman–Crippen MR) is 69.8 cm³/mol. The lowest BCUT2D eigenvalue weighted by Gasteiger charge is -2.11. The van der Waals surface area contributed by atoms with Crippen molar-refractivity contribution in [3.05, 3.63) is 30.5 Å². The van der Waals surface area contributed by atoms with Gasteiger partial charge in [-0.1, -0.05) is 6.92 Å². The van der Waals surface area contributed by atoms with Gasteiger partial charge < -0.3 is 16.0 Å². The van der Waals surface area contributed by atoms with Crippen LogP contribution in [0.1, 0.15) is 13.3 Å². The molecule has 0 radical (unpaired) electrons. The standard InChI is InChI=1S/C13H17N3O/c1-9(4-6-14)13(17)16-11-2-3-12-10(8-11)5-7-15-12/h2-3,5,7-9,15H,4,6,14H2,1H3,(H,16,17). The first-order chi connectivity index (χ1) is 8.20. The Morgan fingerprint density at radius 3 is 3.06 bits per heavy atom. The van der Waals surface area contributed by atoms with Crippen LogP contribution in [0.4, 0.5) is 5.69 Å². The molecule has 0 saturated carbocycles. The molecule has 1 heterocycles. The van der Waals surface area contributed by atoms with E-state index in [4.69, 9.17) is 5.73 Å². The molecule has 17 heavy (non-hydrogen) atoms. The zero-order valence-corrected chi connectivity index (χ0v) is 9.86. The number of nitrogens with two attached hydrogens (primary N) is 1.